The number of nitrogens with one attached hydrogen (secondary N) is 3. The fraction of sp³-hybridized carbons (Fsp3) is 0.429. The van der Waals surface area contributed by atoms with Crippen molar-refractivity contribution < 1.29 is 4.39 Å². The van der Waals surface area contributed by atoms with Crippen LogP contribution in [0.2, 0.25) is 0 Å². The summed E-state index contributed by atoms with van der Waals surface area (Å²) in [6, 6.07) is 6.95. The summed E-state index contributed by atoms with van der Waals surface area (Å²) in [5.41, 5.74) is 4.24. The monoisotopic (exact) mass is 384 g/mol. The molecule has 0 saturated heterocycles. The average Bonchev–Trinajstić information content (AvgIpc) is 3.20. The Labute approximate surface area is 165 Å². The number of fused-ring (bicyclic) bond motifs is 1. The van der Waals surface area contributed by atoms with Crippen LogP contribution in [0.15, 0.2) is 35.5 Å². The Kier molecular flexibility index (Phi) is 6.68. The van der Waals surface area contributed by atoms with Crippen LogP contribution in [0.4, 0.5) is 4.39 Å². The third-order valence-corrected chi connectivity index (χ3v) is 4.66. The maximum Gasteiger partial charge on any atom is 0.191 e. The number of halogens is 1. The molecule has 3 N–H and O–H groups in total. The minimum absolute atomic E-state index is 0.221. The van der Waals surface area contributed by atoms with Crippen LogP contribution in [0.5, 0.6) is 0 Å². The van der Waals surface area contributed by atoms with Crippen LogP contribution in [0.25, 0.3) is 10.9 Å². The molecule has 2 heterocycles. The van der Waals surface area contributed by atoms with Crippen LogP contribution < -0.4 is 10.6 Å². The fourth-order valence-corrected chi connectivity index (χ4v) is 3.34. The number of nitrogens with zero attached hydrogens (tertiary/aromatic N) is 3. The van der Waals surface area contributed by atoms with Gasteiger partial charge in [-0.05, 0) is 63.4 Å². The zero-order chi connectivity index (χ0) is 19.9. The number of guanidine groups is 1. The van der Waals surface area contributed by atoms with Crippen molar-refractivity contribution in [1.29, 1.82) is 0 Å². The molecule has 0 unspecified atom stereocenters. The Morgan fingerprint density at radius 2 is 2.11 bits per heavy atom. The van der Waals surface area contributed by atoms with E-state index in [1.165, 1.54) is 23.4 Å². The lowest BCUT2D eigenvalue weighted by Gasteiger charge is -2.11. The standard InChI is InChI=1S/C21H29FN6/c1-4-23-21(24-9-5-11-28-16(3)12-15(2)27-28)25-10-8-17-14-26-20-13-18(22)6-7-19(17)20/h6-7,12-14,26H,4-5,8-11H2,1-3H3,(H2,23,24,25). The van der Waals surface area contributed by atoms with E-state index < -0.39 is 0 Å². The number of rotatable bonds is 8. The van der Waals surface area contributed by atoms with Gasteiger partial charge in [-0.1, -0.05) is 0 Å². The van der Waals surface area contributed by atoms with Gasteiger partial charge in [-0.3, -0.25) is 9.67 Å². The van der Waals surface area contributed by atoms with Gasteiger partial charge in [-0.2, -0.15) is 5.10 Å². The lowest BCUT2D eigenvalue weighted by molar-refractivity contribution is 0.567. The van der Waals surface area contributed by atoms with Gasteiger partial charge in [0.1, 0.15) is 5.82 Å². The lowest BCUT2D eigenvalue weighted by Crippen LogP contribution is -2.38. The summed E-state index contributed by atoms with van der Waals surface area (Å²) in [5, 5.41) is 12.2. The number of H-pyrrole nitrogens is 1. The summed E-state index contributed by atoms with van der Waals surface area (Å²) >= 11 is 0. The van der Waals surface area contributed by atoms with Crippen molar-refractivity contribution in [3.8, 4) is 0 Å². The summed E-state index contributed by atoms with van der Waals surface area (Å²) in [4.78, 5) is 7.79. The molecule has 0 amide bonds. The second kappa shape index (κ2) is 9.39. The van der Waals surface area contributed by atoms with Crippen LogP contribution in [-0.2, 0) is 13.0 Å². The summed E-state index contributed by atoms with van der Waals surface area (Å²) in [7, 11) is 0. The molecule has 0 radical (unpaired) electrons. The maximum atomic E-state index is 13.3. The Morgan fingerprint density at radius 3 is 2.86 bits per heavy atom. The van der Waals surface area contributed by atoms with Gasteiger partial charge in [0, 0.05) is 49.0 Å². The summed E-state index contributed by atoms with van der Waals surface area (Å²) in [6.45, 7) is 9.33. The highest BCUT2D eigenvalue weighted by Crippen LogP contribution is 2.19. The lowest BCUT2D eigenvalue weighted by atomic mass is 10.1. The Hall–Kier alpha value is -2.83. The molecule has 28 heavy (non-hydrogen) atoms. The molecule has 2 aromatic heterocycles. The summed E-state index contributed by atoms with van der Waals surface area (Å²) in [6.07, 6.45) is 3.72. The summed E-state index contributed by atoms with van der Waals surface area (Å²) < 4.78 is 15.3. The van der Waals surface area contributed by atoms with Crippen LogP contribution in [0.1, 0.15) is 30.3 Å². The average molecular weight is 385 g/mol. The highest BCUT2D eigenvalue weighted by molar-refractivity contribution is 5.83. The van der Waals surface area contributed by atoms with Crippen molar-refractivity contribution >= 4 is 16.9 Å². The van der Waals surface area contributed by atoms with E-state index in [9.17, 15) is 4.39 Å². The molecule has 150 valence electrons. The van der Waals surface area contributed by atoms with E-state index in [1.54, 1.807) is 0 Å². The van der Waals surface area contributed by atoms with Crippen molar-refractivity contribution in [2.24, 2.45) is 4.99 Å². The highest BCUT2D eigenvalue weighted by atomic mass is 19.1. The molecule has 3 rings (SSSR count). The van der Waals surface area contributed by atoms with Gasteiger partial charge in [0.05, 0.1) is 5.69 Å². The van der Waals surface area contributed by atoms with Gasteiger partial charge < -0.3 is 15.6 Å². The van der Waals surface area contributed by atoms with Crippen LogP contribution >= 0.6 is 0 Å². The topological polar surface area (TPSA) is 70.0 Å². The smallest absolute Gasteiger partial charge is 0.191 e. The fourth-order valence-electron chi connectivity index (χ4n) is 3.34. The van der Waals surface area contributed by atoms with Gasteiger partial charge in [0.25, 0.3) is 0 Å². The van der Waals surface area contributed by atoms with Crippen molar-refractivity contribution in [1.82, 2.24) is 25.4 Å². The van der Waals surface area contributed by atoms with Gasteiger partial charge in [0.15, 0.2) is 5.96 Å². The Morgan fingerprint density at radius 1 is 1.25 bits per heavy atom. The van der Waals surface area contributed by atoms with E-state index in [0.717, 1.165) is 61.6 Å². The second-order valence-corrected chi connectivity index (χ2v) is 6.95. The maximum absolute atomic E-state index is 13.3. The van der Waals surface area contributed by atoms with E-state index in [2.05, 4.69) is 45.6 Å². The SMILES string of the molecule is CCNC(=NCCCn1nc(C)cc1C)NCCc1c[nH]c2cc(F)ccc12. The van der Waals surface area contributed by atoms with Gasteiger partial charge in [-0.15, -0.1) is 0 Å². The molecule has 0 bridgehead atoms. The minimum Gasteiger partial charge on any atom is -0.361 e. The first-order chi connectivity index (χ1) is 13.6. The third-order valence-electron chi connectivity index (χ3n) is 4.66. The van der Waals surface area contributed by atoms with Crippen LogP contribution in [-0.4, -0.2) is 40.4 Å². The second-order valence-electron chi connectivity index (χ2n) is 6.95. The van der Waals surface area contributed by atoms with Crippen molar-refractivity contribution in [2.45, 2.75) is 40.2 Å². The van der Waals surface area contributed by atoms with E-state index in [1.807, 2.05) is 23.9 Å². The zero-order valence-electron chi connectivity index (χ0n) is 16.8. The molecular weight excluding hydrogens is 355 g/mol. The van der Waals surface area contributed by atoms with Crippen molar-refractivity contribution in [2.75, 3.05) is 19.6 Å². The number of aryl methyl sites for hydroxylation is 3. The predicted octanol–water partition coefficient (Wildman–Crippen LogP) is 3.31. The van der Waals surface area contributed by atoms with E-state index in [-0.39, 0.29) is 5.82 Å². The Balaban J connectivity index is 1.49. The molecule has 0 atom stereocenters. The molecular formula is C21H29FN6. The number of hydrogen-bond acceptors (Lipinski definition) is 2. The zero-order valence-corrected chi connectivity index (χ0v) is 16.8. The van der Waals surface area contributed by atoms with Crippen LogP contribution in [0.3, 0.4) is 0 Å². The molecule has 0 aliphatic carbocycles. The summed E-state index contributed by atoms with van der Waals surface area (Å²) in [5.74, 6) is 0.600. The first-order valence-corrected chi connectivity index (χ1v) is 9.85. The molecule has 7 heteroatoms. The van der Waals surface area contributed by atoms with Crippen molar-refractivity contribution in [3.63, 3.8) is 0 Å². The molecule has 1 aromatic carbocycles. The quantitative estimate of drug-likeness (QED) is 0.317. The predicted molar refractivity (Wildman–Crippen MR) is 112 cm³/mol. The van der Waals surface area contributed by atoms with Gasteiger partial charge >= 0.3 is 0 Å². The Bertz CT molecular complexity index is 940. The molecule has 0 aliphatic rings. The first kappa shape index (κ1) is 19.9. The van der Waals surface area contributed by atoms with E-state index >= 15 is 0 Å². The molecule has 3 aromatic rings. The highest BCUT2D eigenvalue weighted by Gasteiger charge is 2.05. The number of hydrogen-bond donors (Lipinski definition) is 3. The van der Waals surface area contributed by atoms with Gasteiger partial charge in [0.2, 0.25) is 0 Å². The number of aliphatic imine (C=N–C) groups is 1. The van der Waals surface area contributed by atoms with Crippen LogP contribution in [0, 0.1) is 19.7 Å². The third kappa shape index (κ3) is 5.12. The minimum atomic E-state index is -0.221. The van der Waals surface area contributed by atoms with Crippen molar-refractivity contribution in [3.05, 3.63) is 53.2 Å². The van der Waals surface area contributed by atoms with Gasteiger partial charge in [-0.25, -0.2) is 4.39 Å². The number of benzene rings is 1. The van der Waals surface area contributed by atoms with E-state index in [0.29, 0.717) is 0 Å². The number of aromatic nitrogens is 3. The normalized spacial score (nSPS) is 11.9. The molecule has 0 fully saturated rings. The largest absolute Gasteiger partial charge is 0.361 e. The molecule has 0 aliphatic heterocycles. The van der Waals surface area contributed by atoms with E-state index in [4.69, 9.17) is 0 Å². The molecule has 0 saturated carbocycles. The molecule has 6 nitrogen and oxygen atoms in total. The molecule has 0 spiro atoms. The number of aromatic amines is 1. The first-order valence-electron chi connectivity index (χ1n) is 9.85.